The van der Waals surface area contributed by atoms with Gasteiger partial charge in [-0.2, -0.15) is 0 Å². The maximum Gasteiger partial charge on any atom is 0.122 e. The number of anilines is 1. The lowest BCUT2D eigenvalue weighted by Gasteiger charge is -2.23. The smallest absolute Gasteiger partial charge is 0.122 e. The molecule has 1 aliphatic heterocycles. The molecule has 0 aromatic heterocycles. The van der Waals surface area contributed by atoms with Crippen molar-refractivity contribution >= 4 is 5.69 Å². The zero-order valence-electron chi connectivity index (χ0n) is 10.8. The van der Waals surface area contributed by atoms with Gasteiger partial charge in [-0.1, -0.05) is 0 Å². The van der Waals surface area contributed by atoms with Crippen LogP contribution in [0.4, 0.5) is 5.69 Å². The molecule has 0 aliphatic carbocycles. The highest BCUT2D eigenvalue weighted by Crippen LogP contribution is 2.29. The molecule has 3 nitrogen and oxygen atoms in total. The van der Waals surface area contributed by atoms with E-state index in [-0.39, 0.29) is 0 Å². The molecule has 0 fully saturated rings. The summed E-state index contributed by atoms with van der Waals surface area (Å²) in [6, 6.07) is 6.57. The topological polar surface area (TPSA) is 24.5 Å². The van der Waals surface area contributed by atoms with Crippen LogP contribution in [0.15, 0.2) is 18.2 Å². The molecule has 17 heavy (non-hydrogen) atoms. The van der Waals surface area contributed by atoms with Crippen molar-refractivity contribution in [3.8, 4) is 5.75 Å². The average Bonchev–Trinajstić information content (AvgIpc) is 2.82. The van der Waals surface area contributed by atoms with Crippen molar-refractivity contribution in [2.75, 3.05) is 38.2 Å². The highest BCUT2D eigenvalue weighted by Gasteiger charge is 2.13. The van der Waals surface area contributed by atoms with Gasteiger partial charge in [0.1, 0.15) is 5.75 Å². The van der Waals surface area contributed by atoms with Crippen LogP contribution in [0.1, 0.15) is 18.9 Å². The molecule has 1 aromatic rings. The van der Waals surface area contributed by atoms with E-state index < -0.39 is 0 Å². The van der Waals surface area contributed by atoms with Gasteiger partial charge in [0.2, 0.25) is 0 Å². The van der Waals surface area contributed by atoms with Crippen LogP contribution in [-0.2, 0) is 6.42 Å². The Morgan fingerprint density at radius 3 is 3.06 bits per heavy atom. The van der Waals surface area contributed by atoms with Gasteiger partial charge >= 0.3 is 0 Å². The molecule has 0 bridgehead atoms. The molecule has 0 saturated heterocycles. The van der Waals surface area contributed by atoms with Crippen molar-refractivity contribution in [2.45, 2.75) is 19.8 Å². The first-order chi connectivity index (χ1) is 8.35. The number of ether oxygens (including phenoxy) is 1. The molecule has 0 saturated carbocycles. The number of fused-ring (bicyclic) bond motifs is 1. The Hall–Kier alpha value is -1.22. The number of hydrogen-bond donors (Lipinski definition) is 1. The van der Waals surface area contributed by atoms with E-state index in [1.54, 1.807) is 0 Å². The second-order valence-corrected chi connectivity index (χ2v) is 4.43. The van der Waals surface area contributed by atoms with Crippen molar-refractivity contribution in [3.63, 3.8) is 0 Å². The van der Waals surface area contributed by atoms with Crippen LogP contribution in [0.2, 0.25) is 0 Å². The first kappa shape index (κ1) is 12.2. The fourth-order valence-corrected chi connectivity index (χ4v) is 2.29. The molecule has 3 heteroatoms. The fourth-order valence-electron chi connectivity index (χ4n) is 2.29. The maximum atomic E-state index is 5.54. The summed E-state index contributed by atoms with van der Waals surface area (Å²) < 4.78 is 5.54. The van der Waals surface area contributed by atoms with Gasteiger partial charge in [-0.05, 0) is 50.7 Å². The SMILES string of the molecule is CCN(CCCNC)c1ccc2c(c1)CCO2. The minimum absolute atomic E-state index is 0.838. The summed E-state index contributed by atoms with van der Waals surface area (Å²) in [5, 5.41) is 3.19. The summed E-state index contributed by atoms with van der Waals surface area (Å²) in [6.07, 6.45) is 2.23. The number of benzene rings is 1. The molecule has 1 heterocycles. The van der Waals surface area contributed by atoms with Gasteiger partial charge in [-0.15, -0.1) is 0 Å². The zero-order valence-corrected chi connectivity index (χ0v) is 10.8. The standard InChI is InChI=1S/C14H22N2O/c1-3-16(9-4-8-15-2)13-5-6-14-12(11-13)7-10-17-14/h5-6,11,15H,3-4,7-10H2,1-2H3. The summed E-state index contributed by atoms with van der Waals surface area (Å²) in [6.45, 7) is 6.29. The normalized spacial score (nSPS) is 13.3. The van der Waals surface area contributed by atoms with E-state index in [0.717, 1.165) is 38.4 Å². The summed E-state index contributed by atoms with van der Waals surface area (Å²) >= 11 is 0. The molecule has 0 amide bonds. The molecule has 0 unspecified atom stereocenters. The molecule has 94 valence electrons. The number of nitrogens with zero attached hydrogens (tertiary/aromatic N) is 1. The van der Waals surface area contributed by atoms with E-state index in [9.17, 15) is 0 Å². The van der Waals surface area contributed by atoms with Crippen LogP contribution < -0.4 is 15.0 Å². The van der Waals surface area contributed by atoms with Crippen LogP contribution >= 0.6 is 0 Å². The number of hydrogen-bond acceptors (Lipinski definition) is 3. The summed E-state index contributed by atoms with van der Waals surface area (Å²) in [7, 11) is 2.00. The van der Waals surface area contributed by atoms with Crippen molar-refractivity contribution < 1.29 is 4.74 Å². The van der Waals surface area contributed by atoms with Gasteiger partial charge in [0.25, 0.3) is 0 Å². The molecule has 1 aliphatic rings. The van der Waals surface area contributed by atoms with Crippen LogP contribution in [0.3, 0.4) is 0 Å². The van der Waals surface area contributed by atoms with Crippen molar-refractivity contribution in [3.05, 3.63) is 23.8 Å². The van der Waals surface area contributed by atoms with Crippen molar-refractivity contribution in [1.29, 1.82) is 0 Å². The maximum absolute atomic E-state index is 5.54. The Balaban J connectivity index is 2.03. The third-order valence-electron chi connectivity index (χ3n) is 3.27. The minimum Gasteiger partial charge on any atom is -0.493 e. The van der Waals surface area contributed by atoms with Gasteiger partial charge in [0.15, 0.2) is 0 Å². The van der Waals surface area contributed by atoms with Crippen LogP contribution in [0.5, 0.6) is 5.75 Å². The largest absolute Gasteiger partial charge is 0.493 e. The Morgan fingerprint density at radius 1 is 1.41 bits per heavy atom. The second-order valence-electron chi connectivity index (χ2n) is 4.43. The van der Waals surface area contributed by atoms with Gasteiger partial charge in [-0.3, -0.25) is 0 Å². The monoisotopic (exact) mass is 234 g/mol. The Morgan fingerprint density at radius 2 is 2.29 bits per heavy atom. The molecule has 0 spiro atoms. The van der Waals surface area contributed by atoms with Crippen LogP contribution in [-0.4, -0.2) is 33.3 Å². The first-order valence-corrected chi connectivity index (χ1v) is 6.50. The molecule has 0 atom stereocenters. The fraction of sp³-hybridized carbons (Fsp3) is 0.571. The molecular formula is C14H22N2O. The predicted octanol–water partition coefficient (Wildman–Crippen LogP) is 2.06. The Labute approximate surface area is 104 Å². The first-order valence-electron chi connectivity index (χ1n) is 6.50. The van der Waals surface area contributed by atoms with E-state index in [1.807, 2.05) is 7.05 Å². The van der Waals surface area contributed by atoms with E-state index >= 15 is 0 Å². The van der Waals surface area contributed by atoms with Gasteiger partial charge in [0, 0.05) is 25.2 Å². The van der Waals surface area contributed by atoms with E-state index in [1.165, 1.54) is 17.7 Å². The molecule has 2 rings (SSSR count). The molecule has 0 radical (unpaired) electrons. The lowest BCUT2D eigenvalue weighted by molar-refractivity contribution is 0.357. The van der Waals surface area contributed by atoms with Crippen LogP contribution in [0, 0.1) is 0 Å². The minimum atomic E-state index is 0.838. The number of nitrogens with one attached hydrogen (secondary N) is 1. The zero-order chi connectivity index (χ0) is 12.1. The lowest BCUT2D eigenvalue weighted by Crippen LogP contribution is -2.26. The lowest BCUT2D eigenvalue weighted by atomic mass is 10.1. The molecular weight excluding hydrogens is 212 g/mol. The molecule has 1 N–H and O–H groups in total. The van der Waals surface area contributed by atoms with E-state index in [4.69, 9.17) is 4.74 Å². The van der Waals surface area contributed by atoms with Gasteiger partial charge in [-0.25, -0.2) is 0 Å². The Bertz CT molecular complexity index is 365. The summed E-state index contributed by atoms with van der Waals surface area (Å²) in [5.74, 6) is 1.07. The highest BCUT2D eigenvalue weighted by atomic mass is 16.5. The van der Waals surface area contributed by atoms with Crippen molar-refractivity contribution in [1.82, 2.24) is 5.32 Å². The van der Waals surface area contributed by atoms with Crippen LogP contribution in [0.25, 0.3) is 0 Å². The van der Waals surface area contributed by atoms with E-state index in [2.05, 4.69) is 35.3 Å². The average molecular weight is 234 g/mol. The van der Waals surface area contributed by atoms with Crippen molar-refractivity contribution in [2.24, 2.45) is 0 Å². The van der Waals surface area contributed by atoms with E-state index in [0.29, 0.717) is 0 Å². The predicted molar refractivity (Wildman–Crippen MR) is 72.1 cm³/mol. The second kappa shape index (κ2) is 5.92. The van der Waals surface area contributed by atoms with Gasteiger partial charge < -0.3 is 15.0 Å². The third kappa shape index (κ3) is 2.91. The molecule has 1 aromatic carbocycles. The number of rotatable bonds is 6. The highest BCUT2D eigenvalue weighted by molar-refractivity contribution is 5.54. The third-order valence-corrected chi connectivity index (χ3v) is 3.27. The Kier molecular flexibility index (Phi) is 4.26. The quantitative estimate of drug-likeness (QED) is 0.763. The van der Waals surface area contributed by atoms with Gasteiger partial charge in [0.05, 0.1) is 6.61 Å². The summed E-state index contributed by atoms with van der Waals surface area (Å²) in [4.78, 5) is 2.43. The summed E-state index contributed by atoms with van der Waals surface area (Å²) in [5.41, 5.74) is 2.68.